The molecule has 0 amide bonds. The minimum atomic E-state index is -0.254. The molecule has 1 atom stereocenters. The summed E-state index contributed by atoms with van der Waals surface area (Å²) < 4.78 is 11.6. The van der Waals surface area contributed by atoms with Crippen LogP contribution in [0.25, 0.3) is 0 Å². The number of phenols is 1. The van der Waals surface area contributed by atoms with Gasteiger partial charge < -0.3 is 19.4 Å². The van der Waals surface area contributed by atoms with Gasteiger partial charge in [-0.25, -0.2) is 0 Å². The molecule has 5 heteroatoms. The Labute approximate surface area is 125 Å². The molecule has 1 saturated heterocycles. The van der Waals surface area contributed by atoms with Crippen LogP contribution in [0.3, 0.4) is 0 Å². The molecular weight excluding hydrogens is 270 g/mol. The van der Waals surface area contributed by atoms with E-state index in [-0.39, 0.29) is 11.6 Å². The number of rotatable bonds is 4. The first kappa shape index (κ1) is 14.6. The molecule has 116 valence electrons. The smallest absolute Gasteiger partial charge is 0.157 e. The van der Waals surface area contributed by atoms with E-state index in [9.17, 15) is 5.11 Å². The maximum absolute atomic E-state index is 10.5. The molecule has 1 spiro atoms. The van der Waals surface area contributed by atoms with Gasteiger partial charge in [0.05, 0.1) is 26.4 Å². The van der Waals surface area contributed by atoms with Crippen molar-refractivity contribution in [1.29, 1.82) is 0 Å². The molecule has 2 N–H and O–H groups in total. The lowest BCUT2D eigenvalue weighted by molar-refractivity contribution is -0.180. The van der Waals surface area contributed by atoms with Crippen LogP contribution in [0.4, 0.5) is 0 Å². The summed E-state index contributed by atoms with van der Waals surface area (Å²) in [5, 5.41) is 10.5. The Balaban J connectivity index is 2.11. The highest BCUT2D eigenvalue weighted by Gasteiger charge is 2.48. The molecule has 0 aromatic heterocycles. The third-order valence-electron chi connectivity index (χ3n) is 4.46. The zero-order chi connectivity index (χ0) is 15.0. The molecule has 2 aliphatic heterocycles. The molecule has 2 aliphatic rings. The highest BCUT2D eigenvalue weighted by molar-refractivity contribution is 5.56. The van der Waals surface area contributed by atoms with E-state index in [0.29, 0.717) is 19.0 Å². The molecule has 3 rings (SSSR count). The minimum absolute atomic E-state index is 0.00871. The van der Waals surface area contributed by atoms with Crippen LogP contribution in [0.2, 0.25) is 0 Å². The number of benzene rings is 1. The van der Waals surface area contributed by atoms with Crippen molar-refractivity contribution in [3.05, 3.63) is 22.8 Å². The summed E-state index contributed by atoms with van der Waals surface area (Å²) in [7, 11) is 1.62. The van der Waals surface area contributed by atoms with E-state index in [0.717, 1.165) is 41.7 Å². The minimum Gasteiger partial charge on any atom is -0.507 e. The number of phenolic OH excluding ortho intramolecular Hbond substituents is 1. The van der Waals surface area contributed by atoms with E-state index >= 15 is 0 Å². The molecule has 1 aromatic rings. The van der Waals surface area contributed by atoms with Gasteiger partial charge in [-0.3, -0.25) is 0 Å². The van der Waals surface area contributed by atoms with Crippen molar-refractivity contribution < 1.29 is 19.4 Å². The average Bonchev–Trinajstić information content (AvgIpc) is 2.45. The van der Waals surface area contributed by atoms with Gasteiger partial charge in [0.15, 0.2) is 5.60 Å². The van der Waals surface area contributed by atoms with Gasteiger partial charge in [-0.1, -0.05) is 13.8 Å². The number of fused-ring (bicyclic) bond motifs is 1. The lowest BCUT2D eigenvalue weighted by atomic mass is 9.82. The zero-order valence-corrected chi connectivity index (χ0v) is 12.9. The number of aromatic hydroxyl groups is 1. The summed E-state index contributed by atoms with van der Waals surface area (Å²) in [6, 6.07) is 1.97. The first-order chi connectivity index (χ1) is 10.1. The third-order valence-corrected chi connectivity index (χ3v) is 4.46. The largest absolute Gasteiger partial charge is 0.507 e. The van der Waals surface area contributed by atoms with Crippen LogP contribution < -0.4 is 10.2 Å². The summed E-state index contributed by atoms with van der Waals surface area (Å²) in [6.07, 6.45) is 2.32. The Morgan fingerprint density at radius 3 is 2.67 bits per heavy atom. The molecule has 0 bridgehead atoms. The van der Waals surface area contributed by atoms with Crippen LogP contribution in [-0.2, 0) is 22.4 Å². The van der Waals surface area contributed by atoms with Gasteiger partial charge in [-0.2, -0.15) is 5.48 Å². The summed E-state index contributed by atoms with van der Waals surface area (Å²) >= 11 is 0. The summed E-state index contributed by atoms with van der Waals surface area (Å²) in [5.74, 6) is 1.25. The van der Waals surface area contributed by atoms with E-state index < -0.39 is 0 Å². The van der Waals surface area contributed by atoms with Gasteiger partial charge in [0.25, 0.3) is 0 Å². The third kappa shape index (κ3) is 2.29. The van der Waals surface area contributed by atoms with Gasteiger partial charge in [-0.15, -0.1) is 0 Å². The SMILES string of the molecule is CCc1cc2c(c(CC)c1O)C(NOC)CC1(COC1)O2. The average molecular weight is 293 g/mol. The second-order valence-corrected chi connectivity index (χ2v) is 5.84. The summed E-state index contributed by atoms with van der Waals surface area (Å²) in [5.41, 5.74) is 5.71. The molecule has 0 saturated carbocycles. The second-order valence-electron chi connectivity index (χ2n) is 5.84. The lowest BCUT2D eigenvalue weighted by Crippen LogP contribution is -2.58. The number of nitrogens with one attached hydrogen (secondary N) is 1. The summed E-state index contributed by atoms with van der Waals surface area (Å²) in [4.78, 5) is 5.17. The second kappa shape index (κ2) is 5.48. The van der Waals surface area contributed by atoms with Crippen molar-refractivity contribution in [2.45, 2.75) is 44.8 Å². The quantitative estimate of drug-likeness (QED) is 0.834. The van der Waals surface area contributed by atoms with Crippen molar-refractivity contribution in [3.8, 4) is 11.5 Å². The Morgan fingerprint density at radius 1 is 1.38 bits per heavy atom. The number of aryl methyl sites for hydroxylation is 1. The van der Waals surface area contributed by atoms with Gasteiger partial charge in [-0.05, 0) is 24.5 Å². The van der Waals surface area contributed by atoms with Crippen molar-refractivity contribution in [3.63, 3.8) is 0 Å². The summed E-state index contributed by atoms with van der Waals surface area (Å²) in [6.45, 7) is 5.31. The molecule has 5 nitrogen and oxygen atoms in total. The highest BCUT2D eigenvalue weighted by atomic mass is 16.6. The van der Waals surface area contributed by atoms with Gasteiger partial charge in [0.2, 0.25) is 0 Å². The Morgan fingerprint density at radius 2 is 2.14 bits per heavy atom. The molecule has 1 fully saturated rings. The highest BCUT2D eigenvalue weighted by Crippen LogP contribution is 2.47. The molecule has 0 radical (unpaired) electrons. The number of hydrogen-bond donors (Lipinski definition) is 2. The van der Waals surface area contributed by atoms with Crippen LogP contribution in [0.1, 0.15) is 43.0 Å². The molecule has 2 heterocycles. The molecule has 0 aliphatic carbocycles. The van der Waals surface area contributed by atoms with E-state index in [1.165, 1.54) is 0 Å². The fourth-order valence-corrected chi connectivity index (χ4v) is 3.37. The first-order valence-electron chi connectivity index (χ1n) is 7.57. The van der Waals surface area contributed by atoms with Crippen LogP contribution in [0.5, 0.6) is 11.5 Å². The van der Waals surface area contributed by atoms with Gasteiger partial charge >= 0.3 is 0 Å². The monoisotopic (exact) mass is 293 g/mol. The van der Waals surface area contributed by atoms with Gasteiger partial charge in [0.1, 0.15) is 11.5 Å². The normalized spacial score (nSPS) is 22.5. The lowest BCUT2D eigenvalue weighted by Gasteiger charge is -2.47. The first-order valence-corrected chi connectivity index (χ1v) is 7.57. The number of hydroxylamine groups is 1. The van der Waals surface area contributed by atoms with E-state index in [2.05, 4.69) is 12.4 Å². The molecular formula is C16H23NO4. The predicted octanol–water partition coefficient (Wildman–Crippen LogP) is 2.26. The van der Waals surface area contributed by atoms with Crippen LogP contribution in [0, 0.1) is 0 Å². The molecule has 1 unspecified atom stereocenters. The van der Waals surface area contributed by atoms with Gasteiger partial charge in [0, 0.05) is 17.5 Å². The van der Waals surface area contributed by atoms with Crippen molar-refractivity contribution in [2.75, 3.05) is 20.3 Å². The predicted molar refractivity (Wildman–Crippen MR) is 78.5 cm³/mol. The standard InChI is InChI=1S/C16H23NO4/c1-4-10-6-13-14(11(5-2)15(10)18)12(17-19-3)7-16(21-13)8-20-9-16/h6,12,17-18H,4-5,7-9H2,1-3H3. The van der Waals surface area contributed by atoms with Crippen LogP contribution >= 0.6 is 0 Å². The number of ether oxygens (including phenoxy) is 2. The van der Waals surface area contributed by atoms with E-state index in [4.69, 9.17) is 14.3 Å². The van der Waals surface area contributed by atoms with Crippen molar-refractivity contribution in [2.24, 2.45) is 0 Å². The van der Waals surface area contributed by atoms with Crippen molar-refractivity contribution >= 4 is 0 Å². The topological polar surface area (TPSA) is 60.0 Å². The maximum atomic E-state index is 10.5. The Kier molecular flexibility index (Phi) is 3.82. The van der Waals surface area contributed by atoms with E-state index in [1.807, 2.05) is 13.0 Å². The fourth-order valence-electron chi connectivity index (χ4n) is 3.37. The molecule has 21 heavy (non-hydrogen) atoms. The number of hydrogen-bond acceptors (Lipinski definition) is 5. The Hall–Kier alpha value is -1.30. The zero-order valence-electron chi connectivity index (χ0n) is 12.9. The molecule has 1 aromatic carbocycles. The maximum Gasteiger partial charge on any atom is 0.157 e. The Bertz CT molecular complexity index is 540. The van der Waals surface area contributed by atoms with Crippen LogP contribution in [0.15, 0.2) is 6.07 Å². The van der Waals surface area contributed by atoms with Crippen LogP contribution in [-0.4, -0.2) is 31.0 Å². The fraction of sp³-hybridized carbons (Fsp3) is 0.625. The van der Waals surface area contributed by atoms with Crippen molar-refractivity contribution in [1.82, 2.24) is 5.48 Å². The van der Waals surface area contributed by atoms with E-state index in [1.54, 1.807) is 7.11 Å².